The Kier molecular flexibility index (Phi) is 4.14. The first-order valence-corrected chi connectivity index (χ1v) is 5.46. The Morgan fingerprint density at radius 3 is 2.53 bits per heavy atom. The van der Waals surface area contributed by atoms with Crippen LogP contribution in [0.1, 0.15) is 10.4 Å². The Labute approximate surface area is 109 Å². The molecule has 1 aromatic carbocycles. The molecule has 1 amide bonds. The maximum atomic E-state index is 11.9. The summed E-state index contributed by atoms with van der Waals surface area (Å²) < 4.78 is 0. The number of amides is 1. The van der Waals surface area contributed by atoms with Crippen molar-refractivity contribution in [1.82, 2.24) is 15.4 Å². The van der Waals surface area contributed by atoms with Crippen LogP contribution in [0.3, 0.4) is 0 Å². The molecule has 0 saturated carbocycles. The molecule has 0 atom stereocenters. The Bertz CT molecular complexity index is 567. The second-order valence-corrected chi connectivity index (χ2v) is 3.50. The SMILES string of the molecule is NNC=Nc1ccc(C(=O)Nc2ncccn2)cc1. The standard InChI is InChI=1S/C12H12N6O/c13-17-8-16-10-4-2-9(3-5-10)11(19)18-12-14-6-1-7-15-12/h1-8H,13H2,(H,16,17)(H,14,15,18,19). The van der Waals surface area contributed by atoms with Gasteiger partial charge in [-0.2, -0.15) is 0 Å². The molecule has 0 spiro atoms. The average molecular weight is 256 g/mol. The lowest BCUT2D eigenvalue weighted by Gasteiger charge is -2.03. The predicted molar refractivity (Wildman–Crippen MR) is 71.9 cm³/mol. The third kappa shape index (κ3) is 3.58. The number of benzene rings is 1. The normalized spacial score (nSPS) is 10.4. The van der Waals surface area contributed by atoms with Gasteiger partial charge in [0.05, 0.1) is 5.69 Å². The van der Waals surface area contributed by atoms with Gasteiger partial charge in [-0.1, -0.05) is 0 Å². The molecule has 0 unspecified atom stereocenters. The van der Waals surface area contributed by atoms with Crippen molar-refractivity contribution in [2.45, 2.75) is 0 Å². The van der Waals surface area contributed by atoms with Crippen molar-refractivity contribution in [2.24, 2.45) is 10.8 Å². The molecular weight excluding hydrogens is 244 g/mol. The molecule has 1 heterocycles. The fraction of sp³-hybridized carbons (Fsp3) is 0. The van der Waals surface area contributed by atoms with Crippen LogP contribution in [0, 0.1) is 0 Å². The predicted octanol–water partition coefficient (Wildman–Crippen LogP) is 0.852. The molecule has 96 valence electrons. The minimum absolute atomic E-state index is 0.266. The number of nitrogens with one attached hydrogen (secondary N) is 2. The van der Waals surface area contributed by atoms with Crippen molar-refractivity contribution in [2.75, 3.05) is 5.32 Å². The van der Waals surface area contributed by atoms with E-state index < -0.39 is 0 Å². The minimum atomic E-state index is -0.279. The number of aromatic nitrogens is 2. The Morgan fingerprint density at radius 1 is 1.21 bits per heavy atom. The number of anilines is 1. The van der Waals surface area contributed by atoms with Crippen LogP contribution < -0.4 is 16.6 Å². The van der Waals surface area contributed by atoms with Crippen LogP contribution in [0.25, 0.3) is 0 Å². The molecule has 4 N–H and O–H groups in total. The third-order valence-corrected chi connectivity index (χ3v) is 2.21. The van der Waals surface area contributed by atoms with Gasteiger partial charge >= 0.3 is 0 Å². The minimum Gasteiger partial charge on any atom is -0.315 e. The van der Waals surface area contributed by atoms with E-state index in [0.29, 0.717) is 11.3 Å². The van der Waals surface area contributed by atoms with Gasteiger partial charge in [-0.25, -0.2) is 20.8 Å². The van der Waals surface area contributed by atoms with E-state index >= 15 is 0 Å². The van der Waals surface area contributed by atoms with Crippen molar-refractivity contribution < 1.29 is 4.79 Å². The van der Waals surface area contributed by atoms with Crippen LogP contribution in [0.2, 0.25) is 0 Å². The van der Waals surface area contributed by atoms with E-state index in [-0.39, 0.29) is 11.9 Å². The van der Waals surface area contributed by atoms with Crippen LogP contribution in [0.5, 0.6) is 0 Å². The number of hydrogen-bond acceptors (Lipinski definition) is 5. The summed E-state index contributed by atoms with van der Waals surface area (Å²) in [5.74, 6) is 5.05. The topological polar surface area (TPSA) is 105 Å². The van der Waals surface area contributed by atoms with E-state index in [9.17, 15) is 4.79 Å². The number of hydrogen-bond donors (Lipinski definition) is 3. The summed E-state index contributed by atoms with van der Waals surface area (Å²) >= 11 is 0. The molecule has 2 aromatic rings. The highest BCUT2D eigenvalue weighted by molar-refractivity contribution is 6.03. The highest BCUT2D eigenvalue weighted by Gasteiger charge is 2.06. The summed E-state index contributed by atoms with van der Waals surface area (Å²) in [5.41, 5.74) is 3.48. The molecule has 0 fully saturated rings. The fourth-order valence-electron chi connectivity index (χ4n) is 1.35. The second kappa shape index (κ2) is 6.22. The number of rotatable bonds is 4. The van der Waals surface area contributed by atoms with Gasteiger partial charge in [0.2, 0.25) is 5.95 Å². The molecule has 0 aliphatic rings. The summed E-state index contributed by atoms with van der Waals surface area (Å²) in [5, 5.41) is 2.59. The van der Waals surface area contributed by atoms with E-state index in [1.165, 1.54) is 6.34 Å². The monoisotopic (exact) mass is 256 g/mol. The molecule has 0 aliphatic carbocycles. The summed E-state index contributed by atoms with van der Waals surface area (Å²) in [6, 6.07) is 8.39. The molecule has 7 nitrogen and oxygen atoms in total. The molecule has 2 rings (SSSR count). The molecule has 7 heteroatoms. The van der Waals surface area contributed by atoms with Crippen LogP contribution in [-0.4, -0.2) is 22.2 Å². The van der Waals surface area contributed by atoms with Crippen molar-refractivity contribution in [3.8, 4) is 0 Å². The van der Waals surface area contributed by atoms with Crippen molar-refractivity contribution in [3.05, 3.63) is 48.3 Å². The van der Waals surface area contributed by atoms with Gasteiger partial charge < -0.3 is 5.43 Å². The van der Waals surface area contributed by atoms with Crippen molar-refractivity contribution in [3.63, 3.8) is 0 Å². The third-order valence-electron chi connectivity index (χ3n) is 2.21. The summed E-state index contributed by atoms with van der Waals surface area (Å²) in [6.45, 7) is 0. The lowest BCUT2D eigenvalue weighted by atomic mass is 10.2. The first-order valence-electron chi connectivity index (χ1n) is 5.46. The number of hydrazine groups is 1. The van der Waals surface area contributed by atoms with Gasteiger partial charge in [-0.15, -0.1) is 0 Å². The summed E-state index contributed by atoms with van der Waals surface area (Å²) in [6.07, 6.45) is 4.47. The quantitative estimate of drug-likeness (QED) is 0.325. The van der Waals surface area contributed by atoms with Gasteiger partial charge in [0, 0.05) is 18.0 Å². The number of aliphatic imine (C=N–C) groups is 1. The molecule has 19 heavy (non-hydrogen) atoms. The molecule has 0 saturated heterocycles. The number of carbonyl (C=O) groups is 1. The Hall–Kier alpha value is -2.80. The van der Waals surface area contributed by atoms with E-state index in [0.717, 1.165) is 0 Å². The molecular formula is C12H12N6O. The first-order chi connectivity index (χ1) is 9.29. The summed E-state index contributed by atoms with van der Waals surface area (Å²) in [7, 11) is 0. The average Bonchev–Trinajstić information content (AvgIpc) is 2.46. The van der Waals surface area contributed by atoms with Crippen molar-refractivity contribution >= 4 is 23.9 Å². The zero-order valence-electron chi connectivity index (χ0n) is 9.95. The smallest absolute Gasteiger partial charge is 0.258 e. The van der Waals surface area contributed by atoms with E-state index in [4.69, 9.17) is 5.84 Å². The number of carbonyl (C=O) groups excluding carboxylic acids is 1. The Balaban J connectivity index is 2.05. The summed E-state index contributed by atoms with van der Waals surface area (Å²) in [4.78, 5) is 23.7. The molecule has 0 radical (unpaired) electrons. The van der Waals surface area contributed by atoms with E-state index in [1.807, 2.05) is 0 Å². The van der Waals surface area contributed by atoms with Gasteiger partial charge in [0.25, 0.3) is 5.91 Å². The fourth-order valence-corrected chi connectivity index (χ4v) is 1.35. The highest BCUT2D eigenvalue weighted by Crippen LogP contribution is 2.13. The maximum absolute atomic E-state index is 11.9. The van der Waals surface area contributed by atoms with Gasteiger partial charge in [0.1, 0.15) is 6.34 Å². The lowest BCUT2D eigenvalue weighted by Crippen LogP contribution is -2.18. The first kappa shape index (κ1) is 12.7. The highest BCUT2D eigenvalue weighted by atomic mass is 16.1. The van der Waals surface area contributed by atoms with Crippen LogP contribution in [0.15, 0.2) is 47.7 Å². The van der Waals surface area contributed by atoms with Crippen LogP contribution in [-0.2, 0) is 0 Å². The zero-order chi connectivity index (χ0) is 13.5. The largest absolute Gasteiger partial charge is 0.315 e. The molecule has 1 aromatic heterocycles. The van der Waals surface area contributed by atoms with Gasteiger partial charge in [-0.05, 0) is 30.3 Å². The maximum Gasteiger partial charge on any atom is 0.258 e. The Morgan fingerprint density at radius 2 is 1.89 bits per heavy atom. The molecule has 0 aliphatic heterocycles. The van der Waals surface area contributed by atoms with Crippen molar-refractivity contribution in [1.29, 1.82) is 0 Å². The van der Waals surface area contributed by atoms with Gasteiger partial charge in [0.15, 0.2) is 0 Å². The zero-order valence-corrected chi connectivity index (χ0v) is 9.95. The lowest BCUT2D eigenvalue weighted by molar-refractivity contribution is 0.102. The number of nitrogens with zero attached hydrogens (tertiary/aromatic N) is 3. The van der Waals surface area contributed by atoms with Gasteiger partial charge in [-0.3, -0.25) is 10.1 Å². The number of nitrogens with two attached hydrogens (primary N) is 1. The molecule has 0 bridgehead atoms. The van der Waals surface area contributed by atoms with Crippen LogP contribution >= 0.6 is 0 Å². The second-order valence-electron chi connectivity index (χ2n) is 3.50. The van der Waals surface area contributed by atoms with E-state index in [1.54, 1.807) is 42.7 Å². The van der Waals surface area contributed by atoms with Crippen LogP contribution in [0.4, 0.5) is 11.6 Å². The van der Waals surface area contributed by atoms with E-state index in [2.05, 4.69) is 25.7 Å².